The molecule has 0 N–H and O–H groups in total. The molecular weight excluding hydrogens is 1160 g/mol. The summed E-state index contributed by atoms with van der Waals surface area (Å²) in [6.07, 6.45) is 5.78. The molecule has 86 heavy (non-hydrogen) atoms. The molecule has 4 aliphatic rings. The molecule has 0 radical (unpaired) electrons. The van der Waals surface area contributed by atoms with Gasteiger partial charge >= 0.3 is 18.2 Å². The van der Waals surface area contributed by atoms with Crippen LogP contribution in [0.5, 0.6) is 23.0 Å². The highest BCUT2D eigenvalue weighted by molar-refractivity contribution is 9.10. The monoisotopic (exact) mass is 1240 g/mol. The van der Waals surface area contributed by atoms with E-state index in [2.05, 4.69) is 37.9 Å². The Kier molecular flexibility index (Phi) is 20.6. The number of hydrogen-bond donors (Lipinski definition) is 0. The van der Waals surface area contributed by atoms with Crippen molar-refractivity contribution in [3.05, 3.63) is 144 Å². The quantitative estimate of drug-likeness (QED) is 0.0540. The SMILES string of the molecule is CCOC(=O)/C=C/c1cc(C)cc2c1ccc(=O)n2CCN1CCC(N(Cc2ccc3c(c2)OCCO3)C(=O)OC(C)(C)C)CC1.Cc1cc(Br)c2ccc(=O)n(CCN3CCC(N(Cc4ccc5c(c4)OCCO5)C(=O)OC(C)(C)C)CC3)c2c1. The molecule has 2 fully saturated rings. The maximum Gasteiger partial charge on any atom is 0.410 e. The number of aromatic nitrogens is 2. The molecular formula is C67H83BrN6O12. The Balaban J connectivity index is 0.000000207. The average molecular weight is 1240 g/mol. The highest BCUT2D eigenvalue weighted by atomic mass is 79.9. The molecule has 18 nitrogen and oxygen atoms in total. The van der Waals surface area contributed by atoms with Gasteiger partial charge < -0.3 is 61.9 Å². The van der Waals surface area contributed by atoms with Gasteiger partial charge in [0.2, 0.25) is 0 Å². The second-order valence-electron chi connectivity index (χ2n) is 24.5. The van der Waals surface area contributed by atoms with Crippen LogP contribution in [-0.4, -0.2) is 142 Å². The number of aryl methyl sites for hydroxylation is 2. The van der Waals surface area contributed by atoms with Crippen molar-refractivity contribution < 1.29 is 47.5 Å². The van der Waals surface area contributed by atoms with Crippen molar-refractivity contribution in [1.82, 2.24) is 28.7 Å². The molecule has 0 aliphatic carbocycles. The van der Waals surface area contributed by atoms with Crippen molar-refractivity contribution in [2.45, 2.75) is 137 Å². The number of benzene rings is 4. The Morgan fingerprint density at radius 2 is 1.00 bits per heavy atom. The molecule has 6 heterocycles. The van der Waals surface area contributed by atoms with Crippen LogP contribution >= 0.6 is 15.9 Å². The van der Waals surface area contributed by atoms with Gasteiger partial charge in [-0.3, -0.25) is 9.59 Å². The minimum atomic E-state index is -0.610. The molecule has 10 rings (SSSR count). The van der Waals surface area contributed by atoms with Crippen LogP contribution in [0.15, 0.2) is 105 Å². The van der Waals surface area contributed by atoms with Gasteiger partial charge in [-0.1, -0.05) is 34.1 Å². The molecule has 2 amide bonds. The Morgan fingerprint density at radius 1 is 0.570 bits per heavy atom. The first-order valence-electron chi connectivity index (χ1n) is 30.1. The normalized spacial score (nSPS) is 15.9. The average Bonchev–Trinajstić information content (AvgIpc) is 1.96. The summed E-state index contributed by atoms with van der Waals surface area (Å²) >= 11 is 3.64. The van der Waals surface area contributed by atoms with Crippen LogP contribution in [0, 0.1) is 13.8 Å². The van der Waals surface area contributed by atoms with Crippen molar-refractivity contribution in [2.24, 2.45) is 0 Å². The third kappa shape index (κ3) is 16.6. The molecule has 4 aliphatic heterocycles. The predicted octanol–water partition coefficient (Wildman–Crippen LogP) is 11.3. The Bertz CT molecular complexity index is 3550. The molecule has 0 spiro atoms. The highest BCUT2D eigenvalue weighted by Crippen LogP contribution is 2.35. The van der Waals surface area contributed by atoms with Crippen molar-refractivity contribution >= 4 is 62.0 Å². The number of likely N-dealkylation sites (tertiary alicyclic amines) is 2. The van der Waals surface area contributed by atoms with Crippen molar-refractivity contribution in [1.29, 1.82) is 0 Å². The molecule has 460 valence electrons. The summed E-state index contributed by atoms with van der Waals surface area (Å²) in [7, 11) is 0. The third-order valence-corrected chi connectivity index (χ3v) is 16.3. The third-order valence-electron chi connectivity index (χ3n) is 15.6. The lowest BCUT2D eigenvalue weighted by atomic mass is 10.0. The van der Waals surface area contributed by atoms with E-state index in [1.54, 1.807) is 25.1 Å². The number of nitrogens with zero attached hydrogens (tertiary/aromatic N) is 6. The number of fused-ring (bicyclic) bond motifs is 4. The van der Waals surface area contributed by atoms with Crippen LogP contribution in [-0.2, 0) is 45.2 Å². The fourth-order valence-corrected chi connectivity index (χ4v) is 12.2. The summed E-state index contributed by atoms with van der Waals surface area (Å²) in [4.78, 5) is 73.0. The van der Waals surface area contributed by atoms with Gasteiger partial charge in [-0.15, -0.1) is 0 Å². The first-order valence-corrected chi connectivity index (χ1v) is 30.9. The number of piperidine rings is 2. The topological polar surface area (TPSA) is 173 Å². The predicted molar refractivity (Wildman–Crippen MR) is 337 cm³/mol. The number of pyridine rings is 2. The zero-order valence-electron chi connectivity index (χ0n) is 51.3. The second kappa shape index (κ2) is 28.0. The standard InChI is InChI=1S/C36H45N3O7.C31H38BrN3O5/c1-6-43-34(41)12-8-27-21-25(2)22-30-29(27)9-11-33(40)38(30)18-17-37-15-13-28(14-16-37)39(35(42)46-36(3,4)5)24-26-7-10-31-32(23-26)45-20-19-44-31;1-21-17-25(32)24-6-8-29(36)34(26(24)18-21)14-13-33-11-9-23(10-12-33)35(30(37)40-31(2,3)4)20-22-5-7-27-28(19-22)39-16-15-38-27/h7-12,21-23,28H,6,13-20,24H2,1-5H3;5-8,17-19,23H,9-16,20H2,1-4H3/b12-8+;. The van der Waals surface area contributed by atoms with Crippen molar-refractivity contribution in [3.8, 4) is 23.0 Å². The Labute approximate surface area is 512 Å². The Morgan fingerprint density at radius 3 is 1.45 bits per heavy atom. The van der Waals surface area contributed by atoms with Crippen LogP contribution in [0.25, 0.3) is 27.9 Å². The summed E-state index contributed by atoms with van der Waals surface area (Å²) in [5.41, 5.74) is 5.44. The summed E-state index contributed by atoms with van der Waals surface area (Å²) < 4.78 is 44.2. The number of rotatable bonds is 15. The number of hydrogen-bond acceptors (Lipinski definition) is 14. The fraction of sp³-hybridized carbons (Fsp3) is 0.478. The molecule has 0 saturated carbocycles. The minimum Gasteiger partial charge on any atom is -0.486 e. The van der Waals surface area contributed by atoms with Crippen molar-refractivity contribution in [3.63, 3.8) is 0 Å². The number of ether oxygens (including phenoxy) is 7. The van der Waals surface area contributed by atoms with Gasteiger partial charge in [-0.25, -0.2) is 14.4 Å². The van der Waals surface area contributed by atoms with E-state index in [1.165, 1.54) is 6.08 Å². The fourth-order valence-electron chi connectivity index (χ4n) is 11.5. The maximum atomic E-state index is 13.4. The van der Waals surface area contributed by atoms with E-state index < -0.39 is 17.2 Å². The lowest BCUT2D eigenvalue weighted by Crippen LogP contribution is -2.49. The van der Waals surface area contributed by atoms with Gasteiger partial charge in [-0.05, 0) is 176 Å². The van der Waals surface area contributed by atoms with Gasteiger partial charge in [0, 0.05) is 111 Å². The zero-order chi connectivity index (χ0) is 61.3. The molecule has 2 saturated heterocycles. The molecule has 2 aromatic heterocycles. The van der Waals surface area contributed by atoms with Crippen molar-refractivity contribution in [2.75, 3.05) is 72.3 Å². The molecule has 0 unspecified atom stereocenters. The van der Waals surface area contributed by atoms with E-state index in [0.29, 0.717) is 77.3 Å². The van der Waals surface area contributed by atoms with Crippen LogP contribution in [0.1, 0.15) is 102 Å². The number of halogens is 1. The first-order chi connectivity index (χ1) is 41.1. The highest BCUT2D eigenvalue weighted by Gasteiger charge is 2.34. The summed E-state index contributed by atoms with van der Waals surface area (Å²) in [6.45, 7) is 26.2. The molecule has 19 heteroatoms. The van der Waals surface area contributed by atoms with Crippen LogP contribution in [0.4, 0.5) is 9.59 Å². The number of carbonyl (C=O) groups is 3. The lowest BCUT2D eigenvalue weighted by molar-refractivity contribution is -0.137. The smallest absolute Gasteiger partial charge is 0.410 e. The lowest BCUT2D eigenvalue weighted by Gasteiger charge is -2.39. The minimum absolute atomic E-state index is 0.00964. The van der Waals surface area contributed by atoms with Crippen LogP contribution in [0.3, 0.4) is 0 Å². The van der Waals surface area contributed by atoms with E-state index in [4.69, 9.17) is 33.2 Å². The molecule has 0 bridgehead atoms. The summed E-state index contributed by atoms with van der Waals surface area (Å²) in [6, 6.07) is 26.8. The number of carbonyl (C=O) groups excluding carboxylic acids is 3. The van der Waals surface area contributed by atoms with E-state index in [-0.39, 0.29) is 35.4 Å². The molecule has 6 aromatic rings. The molecule has 0 atom stereocenters. The Hall–Kier alpha value is -7.35. The van der Waals surface area contributed by atoms with Crippen LogP contribution in [0.2, 0.25) is 0 Å². The second-order valence-corrected chi connectivity index (χ2v) is 25.4. The van der Waals surface area contributed by atoms with E-state index in [9.17, 15) is 24.0 Å². The summed E-state index contributed by atoms with van der Waals surface area (Å²) in [5, 5.41) is 1.94. The van der Waals surface area contributed by atoms with E-state index in [1.807, 2.05) is 135 Å². The molecule has 4 aromatic carbocycles. The number of esters is 1. The largest absolute Gasteiger partial charge is 0.486 e. The van der Waals surface area contributed by atoms with Gasteiger partial charge in [-0.2, -0.15) is 0 Å². The summed E-state index contributed by atoms with van der Waals surface area (Å²) in [5.74, 6) is 2.47. The van der Waals surface area contributed by atoms with Gasteiger partial charge in [0.1, 0.15) is 37.6 Å². The van der Waals surface area contributed by atoms with Gasteiger partial charge in [0.25, 0.3) is 11.1 Å². The van der Waals surface area contributed by atoms with Gasteiger partial charge in [0.15, 0.2) is 23.0 Å². The zero-order valence-corrected chi connectivity index (χ0v) is 52.9. The van der Waals surface area contributed by atoms with Gasteiger partial charge in [0.05, 0.1) is 17.6 Å². The maximum absolute atomic E-state index is 13.4. The van der Waals surface area contributed by atoms with E-state index >= 15 is 0 Å². The van der Waals surface area contributed by atoms with E-state index in [0.717, 1.165) is 124 Å². The van der Waals surface area contributed by atoms with Crippen LogP contribution < -0.4 is 30.1 Å². The first kappa shape index (κ1) is 63.2. The number of amides is 2.